The summed E-state index contributed by atoms with van der Waals surface area (Å²) in [4.78, 5) is 4.12. The lowest BCUT2D eigenvalue weighted by Crippen LogP contribution is -2.11. The molecule has 2 aromatic rings. The van der Waals surface area contributed by atoms with Gasteiger partial charge in [0.1, 0.15) is 11.0 Å². The van der Waals surface area contributed by atoms with E-state index in [2.05, 4.69) is 10.1 Å². The standard InChI is InChI=1S/C12H14N2O4S/c1-8(12-13-9(2)14-18-12)19(15,16)11-6-4-5-10(7-11)17-3/h4-8H,1-3H3. The van der Waals surface area contributed by atoms with Crippen molar-refractivity contribution in [3.05, 3.63) is 36.0 Å². The maximum atomic E-state index is 12.4. The molecule has 19 heavy (non-hydrogen) atoms. The molecule has 1 aromatic heterocycles. The first-order valence-electron chi connectivity index (χ1n) is 5.63. The molecule has 0 spiro atoms. The molecule has 1 aromatic carbocycles. The van der Waals surface area contributed by atoms with Crippen LogP contribution in [0.3, 0.4) is 0 Å². The number of rotatable bonds is 4. The third-order valence-electron chi connectivity index (χ3n) is 2.73. The highest BCUT2D eigenvalue weighted by Crippen LogP contribution is 2.29. The Balaban J connectivity index is 2.41. The fourth-order valence-electron chi connectivity index (χ4n) is 1.59. The monoisotopic (exact) mass is 282 g/mol. The average Bonchev–Trinajstić information content (AvgIpc) is 2.84. The van der Waals surface area contributed by atoms with Gasteiger partial charge in [-0.1, -0.05) is 11.2 Å². The molecule has 6 nitrogen and oxygen atoms in total. The van der Waals surface area contributed by atoms with Crippen molar-refractivity contribution in [2.75, 3.05) is 7.11 Å². The van der Waals surface area contributed by atoms with Crippen LogP contribution < -0.4 is 4.74 Å². The van der Waals surface area contributed by atoms with Crippen molar-refractivity contribution in [2.45, 2.75) is 24.0 Å². The van der Waals surface area contributed by atoms with E-state index in [1.165, 1.54) is 26.2 Å². The summed E-state index contributed by atoms with van der Waals surface area (Å²) in [6.45, 7) is 3.15. The highest BCUT2D eigenvalue weighted by molar-refractivity contribution is 7.91. The van der Waals surface area contributed by atoms with Gasteiger partial charge < -0.3 is 9.26 Å². The summed E-state index contributed by atoms with van der Waals surface area (Å²) in [6.07, 6.45) is 0. The summed E-state index contributed by atoms with van der Waals surface area (Å²) in [7, 11) is -2.10. The van der Waals surface area contributed by atoms with Gasteiger partial charge in [0.15, 0.2) is 15.7 Å². The molecule has 0 bridgehead atoms. The fourth-order valence-corrected chi connectivity index (χ4v) is 2.91. The summed E-state index contributed by atoms with van der Waals surface area (Å²) in [5.74, 6) is 0.970. The normalized spacial score (nSPS) is 13.2. The van der Waals surface area contributed by atoms with Gasteiger partial charge in [-0.25, -0.2) is 8.42 Å². The van der Waals surface area contributed by atoms with Gasteiger partial charge in [0.25, 0.3) is 0 Å². The van der Waals surface area contributed by atoms with Gasteiger partial charge in [-0.05, 0) is 32.0 Å². The van der Waals surface area contributed by atoms with E-state index >= 15 is 0 Å². The number of nitrogens with zero attached hydrogens (tertiary/aromatic N) is 2. The lowest BCUT2D eigenvalue weighted by Gasteiger charge is -2.10. The Kier molecular flexibility index (Phi) is 3.57. The maximum absolute atomic E-state index is 12.4. The van der Waals surface area contributed by atoms with Gasteiger partial charge in [0, 0.05) is 0 Å². The summed E-state index contributed by atoms with van der Waals surface area (Å²) in [6, 6.07) is 6.28. The van der Waals surface area contributed by atoms with Crippen molar-refractivity contribution in [1.82, 2.24) is 10.1 Å². The molecule has 0 aliphatic rings. The van der Waals surface area contributed by atoms with Crippen molar-refractivity contribution >= 4 is 9.84 Å². The molecule has 0 fully saturated rings. The van der Waals surface area contributed by atoms with E-state index < -0.39 is 15.1 Å². The molecular formula is C12H14N2O4S. The van der Waals surface area contributed by atoms with E-state index in [-0.39, 0.29) is 10.8 Å². The molecule has 1 heterocycles. The van der Waals surface area contributed by atoms with Gasteiger partial charge in [-0.15, -0.1) is 0 Å². The molecule has 0 saturated carbocycles. The number of aryl methyl sites for hydroxylation is 1. The molecule has 7 heteroatoms. The van der Waals surface area contributed by atoms with Crippen molar-refractivity contribution in [2.24, 2.45) is 0 Å². The van der Waals surface area contributed by atoms with Gasteiger partial charge in [0.05, 0.1) is 12.0 Å². The van der Waals surface area contributed by atoms with Crippen molar-refractivity contribution in [3.63, 3.8) is 0 Å². The second kappa shape index (κ2) is 5.00. The molecule has 0 aliphatic heterocycles. The summed E-state index contributed by atoms with van der Waals surface area (Å²) in [5.41, 5.74) is 0. The van der Waals surface area contributed by atoms with Crippen LogP contribution in [0, 0.1) is 6.92 Å². The zero-order chi connectivity index (χ0) is 14.0. The number of sulfone groups is 1. The number of ether oxygens (including phenoxy) is 1. The van der Waals surface area contributed by atoms with Crippen LogP contribution in [0.1, 0.15) is 23.9 Å². The number of hydrogen-bond donors (Lipinski definition) is 0. The first kappa shape index (κ1) is 13.5. The lowest BCUT2D eigenvalue weighted by molar-refractivity contribution is 0.373. The van der Waals surface area contributed by atoms with E-state index in [0.717, 1.165) is 0 Å². The van der Waals surface area contributed by atoms with E-state index in [1.54, 1.807) is 19.1 Å². The summed E-state index contributed by atoms with van der Waals surface area (Å²) in [5, 5.41) is 2.70. The molecule has 0 amide bonds. The van der Waals surface area contributed by atoms with Gasteiger partial charge in [-0.2, -0.15) is 4.98 Å². The van der Waals surface area contributed by atoms with Gasteiger partial charge in [-0.3, -0.25) is 0 Å². The Labute approximate surface area is 111 Å². The number of benzene rings is 1. The third-order valence-corrected chi connectivity index (χ3v) is 4.77. The van der Waals surface area contributed by atoms with Gasteiger partial charge in [0.2, 0.25) is 5.89 Å². The van der Waals surface area contributed by atoms with Crippen LogP contribution in [0.2, 0.25) is 0 Å². The summed E-state index contributed by atoms with van der Waals surface area (Å²) >= 11 is 0. The lowest BCUT2D eigenvalue weighted by atomic mass is 10.3. The minimum absolute atomic E-state index is 0.0836. The fraction of sp³-hybridized carbons (Fsp3) is 0.333. The number of hydrogen-bond acceptors (Lipinski definition) is 6. The Morgan fingerprint density at radius 3 is 2.68 bits per heavy atom. The topological polar surface area (TPSA) is 82.3 Å². The smallest absolute Gasteiger partial charge is 0.245 e. The van der Waals surface area contributed by atoms with Crippen molar-refractivity contribution in [1.29, 1.82) is 0 Å². The maximum Gasteiger partial charge on any atom is 0.245 e. The van der Waals surface area contributed by atoms with Crippen LogP contribution in [0.4, 0.5) is 0 Å². The van der Waals surface area contributed by atoms with Crippen molar-refractivity contribution < 1.29 is 17.7 Å². The quantitative estimate of drug-likeness (QED) is 0.852. The highest BCUT2D eigenvalue weighted by atomic mass is 32.2. The Morgan fingerprint density at radius 1 is 1.37 bits per heavy atom. The first-order valence-corrected chi connectivity index (χ1v) is 7.18. The molecule has 0 saturated heterocycles. The minimum Gasteiger partial charge on any atom is -0.497 e. The summed E-state index contributed by atoms with van der Waals surface area (Å²) < 4.78 is 34.8. The third kappa shape index (κ3) is 2.60. The number of methoxy groups -OCH3 is 1. The minimum atomic E-state index is -3.59. The second-order valence-corrected chi connectivity index (χ2v) is 6.31. The molecule has 0 N–H and O–H groups in total. The Bertz CT molecular complexity index is 679. The zero-order valence-corrected chi connectivity index (χ0v) is 11.6. The van der Waals surface area contributed by atoms with E-state index in [4.69, 9.17) is 9.26 Å². The molecule has 102 valence electrons. The molecule has 0 aliphatic carbocycles. The molecular weight excluding hydrogens is 268 g/mol. The van der Waals surface area contributed by atoms with E-state index in [0.29, 0.717) is 11.6 Å². The second-order valence-electron chi connectivity index (χ2n) is 4.05. The average molecular weight is 282 g/mol. The molecule has 0 radical (unpaired) electrons. The van der Waals surface area contributed by atoms with E-state index in [9.17, 15) is 8.42 Å². The van der Waals surface area contributed by atoms with Crippen LogP contribution in [0.5, 0.6) is 5.75 Å². The highest BCUT2D eigenvalue weighted by Gasteiger charge is 2.29. The number of aromatic nitrogens is 2. The SMILES string of the molecule is COc1cccc(S(=O)(=O)C(C)c2nc(C)no2)c1. The predicted octanol–water partition coefficient (Wildman–Crippen LogP) is 1.92. The zero-order valence-electron chi connectivity index (χ0n) is 10.8. The van der Waals surface area contributed by atoms with Crippen molar-refractivity contribution in [3.8, 4) is 5.75 Å². The van der Waals surface area contributed by atoms with E-state index in [1.807, 2.05) is 0 Å². The van der Waals surface area contributed by atoms with Crippen LogP contribution in [0.25, 0.3) is 0 Å². The van der Waals surface area contributed by atoms with Gasteiger partial charge >= 0.3 is 0 Å². The predicted molar refractivity (Wildman–Crippen MR) is 67.6 cm³/mol. The van der Waals surface area contributed by atoms with Crippen LogP contribution >= 0.6 is 0 Å². The van der Waals surface area contributed by atoms with Crippen LogP contribution in [-0.2, 0) is 9.84 Å². The van der Waals surface area contributed by atoms with Crippen LogP contribution in [0.15, 0.2) is 33.7 Å². The Morgan fingerprint density at radius 2 is 2.11 bits per heavy atom. The molecule has 1 atom stereocenters. The molecule has 1 unspecified atom stereocenters. The van der Waals surface area contributed by atoms with Crippen LogP contribution in [-0.4, -0.2) is 25.7 Å². The first-order chi connectivity index (χ1) is 8.95. The molecule has 2 rings (SSSR count). The Hall–Kier alpha value is -1.89. The largest absolute Gasteiger partial charge is 0.497 e.